The summed E-state index contributed by atoms with van der Waals surface area (Å²) in [4.78, 5) is 22.0. The molecule has 2 atom stereocenters. The van der Waals surface area contributed by atoms with E-state index in [1.54, 1.807) is 13.0 Å². The Labute approximate surface area is 246 Å². The average molecular weight is 548 g/mol. The first-order valence-electron chi connectivity index (χ1n) is 15.6. The first kappa shape index (κ1) is 35.1. The van der Waals surface area contributed by atoms with Crippen LogP contribution < -0.4 is 0 Å². The Bertz CT molecular complexity index is 1030. The zero-order valence-corrected chi connectivity index (χ0v) is 27.1. The van der Waals surface area contributed by atoms with Crippen molar-refractivity contribution in [1.29, 1.82) is 0 Å². The van der Waals surface area contributed by atoms with Gasteiger partial charge >= 0.3 is 0 Å². The Morgan fingerprint density at radius 3 is 2.25 bits per heavy atom. The topological polar surface area (TPSA) is 35.9 Å². The largest absolute Gasteiger partial charge is 0.372 e. The van der Waals surface area contributed by atoms with Crippen LogP contribution in [0.2, 0.25) is 0 Å². The molecule has 0 fully saturated rings. The molecule has 2 unspecified atom stereocenters. The standard InChI is InChI=1S/C36H57N3O/c1-11-17-18-24-38(23-12-2)34(16-6)21-22-35(29(8)14-4)37-36(25-31(10)40)33-20-19-30(9)39(27-33)26-32(15-5)28(7)13-3/h16,19-22,25-29H,9,11-15,17-18,23-24H2,1-8,10H3/b22-21-,32-26-,34-16+,36-25-,37-35+. The van der Waals surface area contributed by atoms with E-state index in [1.807, 2.05) is 12.2 Å². The summed E-state index contributed by atoms with van der Waals surface area (Å²) >= 11 is 0. The van der Waals surface area contributed by atoms with Gasteiger partial charge in [-0.05, 0) is 82.1 Å². The number of allylic oxidation sites excluding steroid dienone is 7. The predicted molar refractivity (Wildman–Crippen MR) is 176 cm³/mol. The second-order valence-corrected chi connectivity index (χ2v) is 10.9. The minimum Gasteiger partial charge on any atom is -0.372 e. The van der Waals surface area contributed by atoms with Crippen molar-refractivity contribution in [1.82, 2.24) is 9.80 Å². The van der Waals surface area contributed by atoms with Gasteiger partial charge in [-0.2, -0.15) is 0 Å². The van der Waals surface area contributed by atoms with Crippen molar-refractivity contribution in [3.8, 4) is 0 Å². The Hall–Kier alpha value is -2.88. The van der Waals surface area contributed by atoms with Crippen LogP contribution in [0.4, 0.5) is 0 Å². The van der Waals surface area contributed by atoms with Crippen molar-refractivity contribution in [2.24, 2.45) is 16.8 Å². The summed E-state index contributed by atoms with van der Waals surface area (Å²) in [5.74, 6) is 0.740. The van der Waals surface area contributed by atoms with E-state index < -0.39 is 0 Å². The SMILES string of the molecule is C=C1C=CC(C(=C/C(C)=O)/N=C(\C=C/C(=C\C)N(CCC)CCCCC)C(C)CC)=CN1/C=C(/CC)C(C)CC. The molecule has 4 heteroatoms. The van der Waals surface area contributed by atoms with E-state index >= 15 is 0 Å². The molecule has 1 heterocycles. The van der Waals surface area contributed by atoms with Crippen molar-refractivity contribution in [2.45, 2.75) is 107 Å². The van der Waals surface area contributed by atoms with Gasteiger partial charge in [0.1, 0.15) is 0 Å². The number of carbonyl (C=O) groups is 1. The van der Waals surface area contributed by atoms with E-state index in [2.05, 4.69) is 102 Å². The van der Waals surface area contributed by atoms with Gasteiger partial charge in [0, 0.05) is 54.2 Å². The van der Waals surface area contributed by atoms with Gasteiger partial charge < -0.3 is 9.80 Å². The summed E-state index contributed by atoms with van der Waals surface area (Å²) in [5, 5.41) is 0. The number of carbonyl (C=O) groups excluding carboxylic acids is 1. The van der Waals surface area contributed by atoms with E-state index in [4.69, 9.17) is 4.99 Å². The van der Waals surface area contributed by atoms with E-state index in [0.717, 1.165) is 55.8 Å². The molecule has 0 bridgehead atoms. The molecular formula is C36H57N3O. The molecule has 0 aromatic carbocycles. The maximum Gasteiger partial charge on any atom is 0.154 e. The van der Waals surface area contributed by atoms with Crippen molar-refractivity contribution in [3.63, 3.8) is 0 Å². The molecule has 0 aliphatic carbocycles. The molecule has 0 N–H and O–H groups in total. The van der Waals surface area contributed by atoms with Crippen molar-refractivity contribution < 1.29 is 4.79 Å². The molecule has 0 saturated heterocycles. The fourth-order valence-electron chi connectivity index (χ4n) is 4.61. The van der Waals surface area contributed by atoms with Crippen molar-refractivity contribution >= 4 is 11.5 Å². The summed E-state index contributed by atoms with van der Waals surface area (Å²) in [6.07, 6.45) is 24.3. The molecule has 1 aliphatic heterocycles. The molecule has 1 aliphatic rings. The second-order valence-electron chi connectivity index (χ2n) is 10.9. The minimum absolute atomic E-state index is 0.0138. The lowest BCUT2D eigenvalue weighted by Gasteiger charge is -2.26. The third-order valence-electron chi connectivity index (χ3n) is 7.64. The number of rotatable bonds is 18. The van der Waals surface area contributed by atoms with Crippen LogP contribution in [0.5, 0.6) is 0 Å². The summed E-state index contributed by atoms with van der Waals surface area (Å²) in [7, 11) is 0. The maximum absolute atomic E-state index is 12.3. The van der Waals surface area contributed by atoms with Crippen LogP contribution in [0.15, 0.2) is 88.7 Å². The molecule has 0 aromatic rings. The lowest BCUT2D eigenvalue weighted by atomic mass is 9.97. The Morgan fingerprint density at radius 1 is 1.00 bits per heavy atom. The number of unbranched alkanes of at least 4 members (excludes halogenated alkanes) is 2. The smallest absolute Gasteiger partial charge is 0.154 e. The molecule has 1 rings (SSSR count). The summed E-state index contributed by atoms with van der Waals surface area (Å²) in [6.45, 7) is 25.6. The first-order chi connectivity index (χ1) is 19.1. The zero-order valence-electron chi connectivity index (χ0n) is 27.1. The predicted octanol–water partition coefficient (Wildman–Crippen LogP) is 9.92. The van der Waals surface area contributed by atoms with E-state index in [0.29, 0.717) is 11.6 Å². The fourth-order valence-corrected chi connectivity index (χ4v) is 4.61. The number of hydrogen-bond donors (Lipinski definition) is 0. The highest BCUT2D eigenvalue weighted by Crippen LogP contribution is 2.27. The molecule has 4 nitrogen and oxygen atoms in total. The lowest BCUT2D eigenvalue weighted by Crippen LogP contribution is -2.24. The number of hydrogen-bond acceptors (Lipinski definition) is 4. The summed E-state index contributed by atoms with van der Waals surface area (Å²) < 4.78 is 0. The Balaban J connectivity index is 3.53. The van der Waals surface area contributed by atoms with Gasteiger partial charge in [-0.1, -0.05) is 79.5 Å². The van der Waals surface area contributed by atoms with Crippen LogP contribution in [0.25, 0.3) is 0 Å². The van der Waals surface area contributed by atoms with Crippen LogP contribution in [-0.2, 0) is 4.79 Å². The van der Waals surface area contributed by atoms with Crippen LogP contribution in [0.1, 0.15) is 107 Å². The fraction of sp³-hybridized carbons (Fsp3) is 0.556. The van der Waals surface area contributed by atoms with Gasteiger partial charge in [0.15, 0.2) is 5.78 Å². The molecular weight excluding hydrogens is 490 g/mol. The number of ketones is 1. The normalized spacial score (nSPS) is 17.0. The number of aliphatic imine (C=N–C) groups is 1. The number of nitrogens with zero attached hydrogens (tertiary/aromatic N) is 3. The van der Waals surface area contributed by atoms with E-state index in [-0.39, 0.29) is 11.7 Å². The van der Waals surface area contributed by atoms with Gasteiger partial charge in [0.05, 0.1) is 5.70 Å². The second kappa shape index (κ2) is 19.2. The van der Waals surface area contributed by atoms with Gasteiger partial charge in [0.2, 0.25) is 0 Å². The molecule has 0 aromatic heterocycles. The molecule has 0 radical (unpaired) electrons. The maximum atomic E-state index is 12.3. The highest BCUT2D eigenvalue weighted by atomic mass is 16.1. The van der Waals surface area contributed by atoms with E-state index in [1.165, 1.54) is 30.5 Å². The highest BCUT2D eigenvalue weighted by Gasteiger charge is 2.16. The van der Waals surface area contributed by atoms with Gasteiger partial charge in [-0.15, -0.1) is 0 Å². The van der Waals surface area contributed by atoms with Gasteiger partial charge in [0.25, 0.3) is 0 Å². The lowest BCUT2D eigenvalue weighted by molar-refractivity contribution is -0.112. The monoisotopic (exact) mass is 547 g/mol. The Morgan fingerprint density at radius 2 is 1.70 bits per heavy atom. The third-order valence-corrected chi connectivity index (χ3v) is 7.64. The Kier molecular flexibility index (Phi) is 16.9. The first-order valence-corrected chi connectivity index (χ1v) is 15.6. The quantitative estimate of drug-likeness (QED) is 0.0741. The van der Waals surface area contributed by atoms with E-state index in [9.17, 15) is 4.79 Å². The molecule has 0 spiro atoms. The minimum atomic E-state index is -0.0138. The van der Waals surface area contributed by atoms with Crippen LogP contribution in [0, 0.1) is 11.8 Å². The summed E-state index contributed by atoms with van der Waals surface area (Å²) in [5.41, 5.74) is 6.09. The zero-order chi connectivity index (χ0) is 30.1. The van der Waals surface area contributed by atoms with Gasteiger partial charge in [-0.3, -0.25) is 9.79 Å². The molecule has 222 valence electrons. The van der Waals surface area contributed by atoms with Crippen LogP contribution >= 0.6 is 0 Å². The average Bonchev–Trinajstić information content (AvgIpc) is 2.94. The molecule has 40 heavy (non-hydrogen) atoms. The van der Waals surface area contributed by atoms with Crippen LogP contribution in [-0.4, -0.2) is 34.4 Å². The molecule has 0 amide bonds. The molecule has 0 saturated carbocycles. The highest BCUT2D eigenvalue weighted by molar-refractivity contribution is 5.99. The van der Waals surface area contributed by atoms with Crippen molar-refractivity contribution in [3.05, 3.63) is 83.7 Å². The van der Waals surface area contributed by atoms with Crippen molar-refractivity contribution in [2.75, 3.05) is 13.1 Å². The van der Waals surface area contributed by atoms with Gasteiger partial charge in [-0.25, -0.2) is 0 Å². The summed E-state index contributed by atoms with van der Waals surface area (Å²) in [6, 6.07) is 0. The third kappa shape index (κ3) is 11.7. The van der Waals surface area contributed by atoms with Crippen LogP contribution in [0.3, 0.4) is 0 Å².